The minimum absolute atomic E-state index is 0.0958. The molecule has 1 nitrogen and oxygen atoms in total. The highest BCUT2D eigenvalue weighted by Crippen LogP contribution is 2.40. The average Bonchev–Trinajstić information content (AvgIpc) is 2.34. The molecule has 0 radical (unpaired) electrons. The predicted octanol–water partition coefficient (Wildman–Crippen LogP) is 4.42. The molecule has 100 valence electrons. The minimum atomic E-state index is -0.0958. The Bertz CT molecular complexity index is 393. The maximum atomic E-state index is 6.66. The molecule has 3 unspecified atom stereocenters. The van der Waals surface area contributed by atoms with Crippen molar-refractivity contribution in [3.05, 3.63) is 35.4 Å². The summed E-state index contributed by atoms with van der Waals surface area (Å²) in [5, 5.41) is 0. The van der Waals surface area contributed by atoms with Crippen LogP contribution in [0.25, 0.3) is 0 Å². The monoisotopic (exact) mass is 245 g/mol. The van der Waals surface area contributed by atoms with Gasteiger partial charge in [0.2, 0.25) is 0 Å². The Kier molecular flexibility index (Phi) is 3.82. The maximum Gasteiger partial charge on any atom is 0.0412 e. The van der Waals surface area contributed by atoms with Crippen molar-refractivity contribution < 1.29 is 0 Å². The van der Waals surface area contributed by atoms with Crippen molar-refractivity contribution in [1.82, 2.24) is 0 Å². The van der Waals surface area contributed by atoms with Crippen LogP contribution in [-0.4, -0.2) is 0 Å². The summed E-state index contributed by atoms with van der Waals surface area (Å²) in [5.74, 6) is 2.14. The van der Waals surface area contributed by atoms with Gasteiger partial charge < -0.3 is 5.73 Å². The zero-order valence-corrected chi connectivity index (χ0v) is 12.2. The first kappa shape index (κ1) is 13.6. The fourth-order valence-electron chi connectivity index (χ4n) is 3.11. The Balaban J connectivity index is 2.20. The molecule has 0 aromatic heterocycles. The van der Waals surface area contributed by atoms with Crippen LogP contribution in [0.3, 0.4) is 0 Å². The second kappa shape index (κ2) is 5.05. The van der Waals surface area contributed by atoms with Crippen LogP contribution in [0.5, 0.6) is 0 Å². The van der Waals surface area contributed by atoms with Crippen LogP contribution < -0.4 is 5.73 Å². The van der Waals surface area contributed by atoms with Gasteiger partial charge in [-0.05, 0) is 48.1 Å². The normalized spacial score (nSPS) is 32.8. The van der Waals surface area contributed by atoms with Gasteiger partial charge in [-0.15, -0.1) is 0 Å². The molecule has 2 N–H and O–H groups in total. The molecule has 0 saturated heterocycles. The lowest BCUT2D eigenvalue weighted by Gasteiger charge is -2.40. The third-order valence-electron chi connectivity index (χ3n) is 4.86. The average molecular weight is 245 g/mol. The number of nitrogens with two attached hydrogens (primary N) is 1. The lowest BCUT2D eigenvalue weighted by molar-refractivity contribution is 0.177. The van der Waals surface area contributed by atoms with Crippen LogP contribution in [-0.2, 0) is 5.54 Å². The highest BCUT2D eigenvalue weighted by Gasteiger charge is 2.35. The van der Waals surface area contributed by atoms with E-state index in [0.29, 0.717) is 5.92 Å². The van der Waals surface area contributed by atoms with Gasteiger partial charge in [-0.2, -0.15) is 0 Å². The molecule has 0 bridgehead atoms. The molecule has 1 fully saturated rings. The maximum absolute atomic E-state index is 6.66. The van der Waals surface area contributed by atoms with E-state index in [1.54, 1.807) is 0 Å². The van der Waals surface area contributed by atoms with Crippen molar-refractivity contribution in [2.75, 3.05) is 0 Å². The second-order valence-electron chi connectivity index (χ2n) is 6.63. The van der Waals surface area contributed by atoms with Crippen molar-refractivity contribution in [3.63, 3.8) is 0 Å². The molecule has 0 heterocycles. The van der Waals surface area contributed by atoms with E-state index in [2.05, 4.69) is 52.0 Å². The van der Waals surface area contributed by atoms with E-state index in [-0.39, 0.29) is 5.54 Å². The molecule has 1 aromatic rings. The van der Waals surface area contributed by atoms with E-state index in [4.69, 9.17) is 5.73 Å². The molecule has 18 heavy (non-hydrogen) atoms. The predicted molar refractivity (Wildman–Crippen MR) is 78.6 cm³/mol. The molecule has 1 aromatic carbocycles. The number of rotatable bonds is 2. The number of hydrogen-bond acceptors (Lipinski definition) is 1. The van der Waals surface area contributed by atoms with Gasteiger partial charge in [-0.25, -0.2) is 0 Å². The highest BCUT2D eigenvalue weighted by molar-refractivity contribution is 5.30. The Morgan fingerprint density at radius 2 is 1.72 bits per heavy atom. The lowest BCUT2D eigenvalue weighted by Crippen LogP contribution is -2.43. The Labute approximate surface area is 112 Å². The largest absolute Gasteiger partial charge is 0.321 e. The van der Waals surface area contributed by atoms with Crippen LogP contribution in [0.4, 0.5) is 0 Å². The topological polar surface area (TPSA) is 26.0 Å². The van der Waals surface area contributed by atoms with Crippen LogP contribution in [0.2, 0.25) is 0 Å². The third-order valence-corrected chi connectivity index (χ3v) is 4.86. The summed E-state index contributed by atoms with van der Waals surface area (Å²) in [6, 6.07) is 8.99. The van der Waals surface area contributed by atoms with Gasteiger partial charge in [0.1, 0.15) is 0 Å². The molecular weight excluding hydrogens is 218 g/mol. The first-order valence-corrected chi connectivity index (χ1v) is 7.32. The highest BCUT2D eigenvalue weighted by atomic mass is 14.8. The second-order valence-corrected chi connectivity index (χ2v) is 6.63. The summed E-state index contributed by atoms with van der Waals surface area (Å²) in [7, 11) is 0. The summed E-state index contributed by atoms with van der Waals surface area (Å²) in [5.41, 5.74) is 9.29. The SMILES string of the molecule is CC(C)c1ccc(C2(N)CCC(C)C(C)C2)cc1. The van der Waals surface area contributed by atoms with Gasteiger partial charge in [0.25, 0.3) is 0 Å². The first-order chi connectivity index (χ1) is 8.42. The van der Waals surface area contributed by atoms with Gasteiger partial charge in [0.15, 0.2) is 0 Å². The van der Waals surface area contributed by atoms with Gasteiger partial charge in [-0.1, -0.05) is 52.0 Å². The molecule has 1 heteroatoms. The van der Waals surface area contributed by atoms with Crippen molar-refractivity contribution in [1.29, 1.82) is 0 Å². The van der Waals surface area contributed by atoms with Gasteiger partial charge in [0, 0.05) is 5.54 Å². The lowest BCUT2D eigenvalue weighted by atomic mass is 9.69. The molecule has 0 amide bonds. The van der Waals surface area contributed by atoms with Gasteiger partial charge >= 0.3 is 0 Å². The van der Waals surface area contributed by atoms with Gasteiger partial charge in [-0.3, -0.25) is 0 Å². The molecular formula is C17H27N. The fourth-order valence-corrected chi connectivity index (χ4v) is 3.11. The molecule has 2 rings (SSSR count). The minimum Gasteiger partial charge on any atom is -0.321 e. The molecule has 3 atom stereocenters. The van der Waals surface area contributed by atoms with Crippen molar-refractivity contribution in [2.45, 2.75) is 58.4 Å². The first-order valence-electron chi connectivity index (χ1n) is 7.32. The van der Waals surface area contributed by atoms with Crippen LogP contribution in [0.1, 0.15) is 64.0 Å². The summed E-state index contributed by atoms with van der Waals surface area (Å²) >= 11 is 0. The number of benzene rings is 1. The molecule has 1 saturated carbocycles. The van der Waals surface area contributed by atoms with Crippen LogP contribution >= 0.6 is 0 Å². The summed E-state index contributed by atoms with van der Waals surface area (Å²) < 4.78 is 0. The van der Waals surface area contributed by atoms with E-state index < -0.39 is 0 Å². The molecule has 1 aliphatic rings. The summed E-state index contributed by atoms with van der Waals surface area (Å²) in [4.78, 5) is 0. The zero-order valence-electron chi connectivity index (χ0n) is 12.2. The van der Waals surface area contributed by atoms with E-state index in [1.165, 1.54) is 17.5 Å². The van der Waals surface area contributed by atoms with Crippen molar-refractivity contribution in [2.24, 2.45) is 17.6 Å². The Hall–Kier alpha value is -0.820. The Morgan fingerprint density at radius 3 is 2.22 bits per heavy atom. The van der Waals surface area contributed by atoms with Crippen molar-refractivity contribution in [3.8, 4) is 0 Å². The van der Waals surface area contributed by atoms with E-state index in [0.717, 1.165) is 24.7 Å². The van der Waals surface area contributed by atoms with E-state index >= 15 is 0 Å². The number of hydrogen-bond donors (Lipinski definition) is 1. The summed E-state index contributed by atoms with van der Waals surface area (Å²) in [6.45, 7) is 9.16. The third kappa shape index (κ3) is 2.61. The molecule has 0 aliphatic heterocycles. The van der Waals surface area contributed by atoms with Crippen LogP contribution in [0.15, 0.2) is 24.3 Å². The quantitative estimate of drug-likeness (QED) is 0.820. The van der Waals surface area contributed by atoms with E-state index in [9.17, 15) is 0 Å². The Morgan fingerprint density at radius 1 is 1.11 bits per heavy atom. The summed E-state index contributed by atoms with van der Waals surface area (Å²) in [6.07, 6.45) is 3.50. The standard InChI is InChI=1S/C17H27N/c1-12(2)15-5-7-16(8-6-15)17(18)10-9-13(3)14(4)11-17/h5-8,12-14H,9-11,18H2,1-4H3. The van der Waals surface area contributed by atoms with Crippen LogP contribution in [0, 0.1) is 11.8 Å². The molecule has 0 spiro atoms. The van der Waals surface area contributed by atoms with Gasteiger partial charge in [0.05, 0.1) is 0 Å². The van der Waals surface area contributed by atoms with Crippen molar-refractivity contribution >= 4 is 0 Å². The van der Waals surface area contributed by atoms with E-state index in [1.807, 2.05) is 0 Å². The zero-order chi connectivity index (χ0) is 13.3. The smallest absolute Gasteiger partial charge is 0.0412 e. The molecule has 1 aliphatic carbocycles. The fraction of sp³-hybridized carbons (Fsp3) is 0.647.